The minimum Gasteiger partial charge on any atom is -0.378 e. The Labute approximate surface area is 136 Å². The van der Waals surface area contributed by atoms with Crippen LogP contribution in [0.4, 0.5) is 22.9 Å². The van der Waals surface area contributed by atoms with Crippen molar-refractivity contribution in [2.45, 2.75) is 0 Å². The zero-order chi connectivity index (χ0) is 17.5. The lowest BCUT2D eigenvalue weighted by Gasteiger charge is -2.08. The predicted molar refractivity (Wildman–Crippen MR) is 85.7 cm³/mol. The van der Waals surface area contributed by atoms with Crippen molar-refractivity contribution in [1.29, 1.82) is 5.26 Å². The van der Waals surface area contributed by atoms with Crippen molar-refractivity contribution in [2.24, 2.45) is 0 Å². The van der Waals surface area contributed by atoms with Gasteiger partial charge in [0.1, 0.15) is 17.6 Å². The summed E-state index contributed by atoms with van der Waals surface area (Å²) in [6.45, 7) is 0.702. The number of benzene rings is 1. The second kappa shape index (κ2) is 7.50. The van der Waals surface area contributed by atoms with Crippen LogP contribution in [0.15, 0.2) is 36.4 Å². The molecule has 0 bridgehead atoms. The van der Waals surface area contributed by atoms with Crippen LogP contribution in [0.1, 0.15) is 5.69 Å². The SMILES string of the molecule is N#Cc1nc(NCCNc2ccccc2[N+](=O)[O-])ccc1[N+](=O)[O-]. The number of nitro groups is 2. The van der Waals surface area contributed by atoms with Crippen molar-refractivity contribution in [3.63, 3.8) is 0 Å². The molecule has 24 heavy (non-hydrogen) atoms. The topological polar surface area (TPSA) is 147 Å². The smallest absolute Gasteiger partial charge is 0.305 e. The molecule has 0 aliphatic heterocycles. The van der Waals surface area contributed by atoms with E-state index in [-0.39, 0.29) is 17.1 Å². The van der Waals surface area contributed by atoms with Gasteiger partial charge in [0.2, 0.25) is 5.69 Å². The molecule has 1 aromatic heterocycles. The third-order valence-electron chi connectivity index (χ3n) is 3.02. The van der Waals surface area contributed by atoms with E-state index in [1.807, 2.05) is 0 Å². The molecular weight excluding hydrogens is 316 g/mol. The molecule has 1 heterocycles. The Morgan fingerprint density at radius 2 is 1.67 bits per heavy atom. The maximum absolute atomic E-state index is 10.9. The second-order valence-electron chi connectivity index (χ2n) is 4.56. The number of hydrogen-bond acceptors (Lipinski definition) is 8. The summed E-state index contributed by atoms with van der Waals surface area (Å²) in [6.07, 6.45) is 0. The van der Waals surface area contributed by atoms with E-state index in [0.29, 0.717) is 24.6 Å². The predicted octanol–water partition coefficient (Wildman–Crippen LogP) is 2.29. The van der Waals surface area contributed by atoms with Gasteiger partial charge in [0, 0.05) is 25.2 Å². The van der Waals surface area contributed by atoms with Crippen LogP contribution in [-0.2, 0) is 0 Å². The highest BCUT2D eigenvalue weighted by atomic mass is 16.6. The number of nitriles is 1. The van der Waals surface area contributed by atoms with E-state index in [2.05, 4.69) is 15.6 Å². The number of nitrogens with one attached hydrogen (secondary N) is 2. The van der Waals surface area contributed by atoms with Crippen LogP contribution < -0.4 is 10.6 Å². The minimum atomic E-state index is -0.675. The normalized spacial score (nSPS) is 9.79. The van der Waals surface area contributed by atoms with Gasteiger partial charge in [-0.25, -0.2) is 4.98 Å². The van der Waals surface area contributed by atoms with E-state index < -0.39 is 9.85 Å². The summed E-state index contributed by atoms with van der Waals surface area (Å²) in [6, 6.07) is 10.5. The molecule has 2 rings (SSSR count). The molecule has 2 aromatic rings. The summed E-state index contributed by atoms with van der Waals surface area (Å²) in [5.41, 5.74) is -0.283. The van der Waals surface area contributed by atoms with Gasteiger partial charge in [0.15, 0.2) is 0 Å². The van der Waals surface area contributed by atoms with Crippen LogP contribution in [0.5, 0.6) is 0 Å². The standard InChI is InChI=1S/C14H12N6O4/c15-9-11-13(20(23)24)5-6-14(18-11)17-8-7-16-10-3-1-2-4-12(10)19(21)22/h1-6,16H,7-8H2,(H,17,18). The maximum atomic E-state index is 10.9. The minimum absolute atomic E-state index is 0.0299. The number of pyridine rings is 1. The number of aromatic nitrogens is 1. The molecule has 0 atom stereocenters. The highest BCUT2D eigenvalue weighted by Crippen LogP contribution is 2.22. The summed E-state index contributed by atoms with van der Waals surface area (Å²) < 4.78 is 0. The van der Waals surface area contributed by atoms with Crippen LogP contribution in [0.3, 0.4) is 0 Å². The average Bonchev–Trinajstić information content (AvgIpc) is 2.58. The first-order valence-electron chi connectivity index (χ1n) is 6.79. The fourth-order valence-corrected chi connectivity index (χ4v) is 1.95. The molecular formula is C14H12N6O4. The van der Waals surface area contributed by atoms with Crippen molar-refractivity contribution in [3.05, 3.63) is 62.3 Å². The number of anilines is 2. The number of nitrogens with zero attached hydrogens (tertiary/aromatic N) is 4. The lowest BCUT2D eigenvalue weighted by molar-refractivity contribution is -0.385. The van der Waals surface area contributed by atoms with Gasteiger partial charge in [-0.3, -0.25) is 20.2 Å². The number of para-hydroxylation sites is 2. The van der Waals surface area contributed by atoms with Crippen LogP contribution >= 0.6 is 0 Å². The van der Waals surface area contributed by atoms with E-state index >= 15 is 0 Å². The van der Waals surface area contributed by atoms with Crippen molar-refractivity contribution < 1.29 is 9.85 Å². The van der Waals surface area contributed by atoms with E-state index in [0.717, 1.165) is 0 Å². The van der Waals surface area contributed by atoms with Gasteiger partial charge < -0.3 is 10.6 Å². The van der Waals surface area contributed by atoms with Gasteiger partial charge in [0.25, 0.3) is 5.69 Å². The zero-order valence-electron chi connectivity index (χ0n) is 12.3. The Kier molecular flexibility index (Phi) is 5.20. The third kappa shape index (κ3) is 3.92. The summed E-state index contributed by atoms with van der Waals surface area (Å²) in [7, 11) is 0. The lowest BCUT2D eigenvalue weighted by atomic mass is 10.2. The molecule has 0 saturated heterocycles. The fraction of sp³-hybridized carbons (Fsp3) is 0.143. The molecule has 0 radical (unpaired) electrons. The molecule has 0 unspecified atom stereocenters. The highest BCUT2D eigenvalue weighted by Gasteiger charge is 2.15. The molecule has 0 aliphatic carbocycles. The Morgan fingerprint density at radius 3 is 2.33 bits per heavy atom. The molecule has 0 aliphatic rings. The molecule has 122 valence electrons. The van der Waals surface area contributed by atoms with Gasteiger partial charge in [-0.2, -0.15) is 5.26 Å². The second-order valence-corrected chi connectivity index (χ2v) is 4.56. The molecule has 10 nitrogen and oxygen atoms in total. The molecule has 2 N–H and O–H groups in total. The highest BCUT2D eigenvalue weighted by molar-refractivity contribution is 5.61. The van der Waals surface area contributed by atoms with Crippen molar-refractivity contribution in [2.75, 3.05) is 23.7 Å². The van der Waals surface area contributed by atoms with Crippen LogP contribution in [0, 0.1) is 31.6 Å². The Hall–Kier alpha value is -3.74. The zero-order valence-corrected chi connectivity index (χ0v) is 12.3. The summed E-state index contributed by atoms with van der Waals surface area (Å²) in [5.74, 6) is 0.307. The number of nitro benzene ring substituents is 1. The van der Waals surface area contributed by atoms with Crippen molar-refractivity contribution in [1.82, 2.24) is 4.98 Å². The quantitative estimate of drug-likeness (QED) is 0.447. The first kappa shape index (κ1) is 16.6. The summed E-state index contributed by atoms with van der Waals surface area (Å²) in [4.78, 5) is 24.3. The van der Waals surface area contributed by atoms with Gasteiger partial charge in [-0.15, -0.1) is 0 Å². The maximum Gasteiger partial charge on any atom is 0.305 e. The Balaban J connectivity index is 1.95. The number of rotatable bonds is 7. The lowest BCUT2D eigenvalue weighted by Crippen LogP contribution is -2.15. The van der Waals surface area contributed by atoms with Crippen LogP contribution in [0.25, 0.3) is 0 Å². The van der Waals surface area contributed by atoms with Crippen molar-refractivity contribution in [3.8, 4) is 6.07 Å². The first-order chi connectivity index (χ1) is 11.5. The Bertz CT molecular complexity index is 817. The van der Waals surface area contributed by atoms with E-state index in [1.165, 1.54) is 18.2 Å². The molecule has 0 fully saturated rings. The van der Waals surface area contributed by atoms with Crippen LogP contribution in [-0.4, -0.2) is 27.9 Å². The molecule has 0 spiro atoms. The van der Waals surface area contributed by atoms with Gasteiger partial charge in [0.05, 0.1) is 9.85 Å². The number of hydrogen-bond donors (Lipinski definition) is 2. The fourth-order valence-electron chi connectivity index (χ4n) is 1.95. The summed E-state index contributed by atoms with van der Waals surface area (Å²) in [5, 5.41) is 36.3. The van der Waals surface area contributed by atoms with Gasteiger partial charge in [-0.05, 0) is 12.1 Å². The molecule has 0 amide bonds. The van der Waals surface area contributed by atoms with E-state index in [1.54, 1.807) is 24.3 Å². The van der Waals surface area contributed by atoms with Gasteiger partial charge >= 0.3 is 5.69 Å². The average molecular weight is 328 g/mol. The summed E-state index contributed by atoms with van der Waals surface area (Å²) >= 11 is 0. The first-order valence-corrected chi connectivity index (χ1v) is 6.79. The third-order valence-corrected chi connectivity index (χ3v) is 3.02. The largest absolute Gasteiger partial charge is 0.378 e. The van der Waals surface area contributed by atoms with Gasteiger partial charge in [-0.1, -0.05) is 12.1 Å². The van der Waals surface area contributed by atoms with Crippen LogP contribution in [0.2, 0.25) is 0 Å². The molecule has 1 aromatic carbocycles. The monoisotopic (exact) mass is 328 g/mol. The molecule has 0 saturated carbocycles. The van der Waals surface area contributed by atoms with E-state index in [4.69, 9.17) is 5.26 Å². The van der Waals surface area contributed by atoms with E-state index in [9.17, 15) is 20.2 Å². The Morgan fingerprint density at radius 1 is 1.00 bits per heavy atom. The molecule has 10 heteroatoms. The van der Waals surface area contributed by atoms with Crippen molar-refractivity contribution >= 4 is 22.9 Å².